The zero-order chi connectivity index (χ0) is 32.1. The molecule has 2 aliphatic rings. The zero-order valence-corrected chi connectivity index (χ0v) is 29.7. The van der Waals surface area contributed by atoms with Crippen molar-refractivity contribution in [3.05, 3.63) is 52.8 Å². The highest BCUT2D eigenvalue weighted by atomic mass is 31.2. The molecule has 2 aromatic heterocycles. The molecule has 0 spiro atoms. The Morgan fingerprint density at radius 2 is 1.93 bits per heavy atom. The average Bonchev–Trinajstić information content (AvgIpc) is 3.71. The number of benzene rings is 1. The molecule has 234 valence electrons. The van der Waals surface area contributed by atoms with Crippen LogP contribution in [0.3, 0.4) is 0 Å². The van der Waals surface area contributed by atoms with E-state index in [1.807, 2.05) is 25.1 Å². The molecular weight excluding hydrogens is 583 g/mol. The molecule has 10 heteroatoms. The van der Waals surface area contributed by atoms with Gasteiger partial charge in [0.15, 0.2) is 8.32 Å². The van der Waals surface area contributed by atoms with E-state index < -0.39 is 15.5 Å². The van der Waals surface area contributed by atoms with E-state index in [2.05, 4.69) is 68.5 Å². The second-order valence-electron chi connectivity index (χ2n) is 14.9. The van der Waals surface area contributed by atoms with Gasteiger partial charge in [0.25, 0.3) is 0 Å². The standard InChI is InChI=1S/C34H47N6O2PSi/c1-22-16-29(28(13-12-23-10-11-23)38-31(22)43(6,7)41)40-32-36-15-14-27(39-32)24-17-25(19-35)30-26(18-24)34(5,20-37-30)21-42-44(8,9)33(2,3)4/h14-18,23,37H,10-13,20-21H2,1-9H3,(H,36,39,40)/t34-/m1/s1. The first-order chi connectivity index (χ1) is 20.5. The molecule has 1 saturated carbocycles. The van der Waals surface area contributed by atoms with Gasteiger partial charge in [0.1, 0.15) is 18.6 Å². The molecule has 44 heavy (non-hydrogen) atoms. The maximum Gasteiger partial charge on any atom is 0.227 e. The van der Waals surface area contributed by atoms with E-state index in [1.54, 1.807) is 19.5 Å². The number of pyridine rings is 1. The molecule has 0 saturated heterocycles. The van der Waals surface area contributed by atoms with Crippen molar-refractivity contribution >= 4 is 38.2 Å². The number of fused-ring (bicyclic) bond motifs is 1. The molecule has 1 aliphatic heterocycles. The predicted molar refractivity (Wildman–Crippen MR) is 184 cm³/mol. The van der Waals surface area contributed by atoms with Gasteiger partial charge in [0.05, 0.1) is 28.3 Å². The van der Waals surface area contributed by atoms with Crippen LogP contribution in [-0.4, -0.2) is 49.8 Å². The van der Waals surface area contributed by atoms with Gasteiger partial charge in [-0.3, -0.25) is 0 Å². The smallest absolute Gasteiger partial charge is 0.227 e. The molecule has 0 radical (unpaired) electrons. The number of nitrogens with one attached hydrogen (secondary N) is 2. The molecule has 1 atom stereocenters. The zero-order valence-electron chi connectivity index (χ0n) is 27.8. The fraction of sp³-hybridized carbons (Fsp3) is 0.529. The maximum atomic E-state index is 13.0. The van der Waals surface area contributed by atoms with E-state index in [0.717, 1.165) is 58.2 Å². The van der Waals surface area contributed by atoms with Gasteiger partial charge in [-0.2, -0.15) is 5.26 Å². The highest BCUT2D eigenvalue weighted by Gasteiger charge is 2.42. The number of aromatic nitrogens is 3. The van der Waals surface area contributed by atoms with Gasteiger partial charge in [-0.15, -0.1) is 0 Å². The third kappa shape index (κ3) is 6.78. The van der Waals surface area contributed by atoms with Gasteiger partial charge in [-0.05, 0) is 92.5 Å². The van der Waals surface area contributed by atoms with Crippen LogP contribution in [-0.2, 0) is 20.8 Å². The maximum absolute atomic E-state index is 13.0. The summed E-state index contributed by atoms with van der Waals surface area (Å²) in [5.41, 5.74) is 7.24. The van der Waals surface area contributed by atoms with E-state index in [-0.39, 0.29) is 10.5 Å². The lowest BCUT2D eigenvalue weighted by Gasteiger charge is -2.39. The SMILES string of the molecule is Cc1cc(Nc2nccc(-c3cc(C#N)c4c(c3)[C@@](C)(CO[Si](C)(C)C(C)(C)C)CN4)n2)c(CCC2CC2)nc1P(C)(C)=O. The molecule has 1 aliphatic carbocycles. The fourth-order valence-electron chi connectivity index (χ4n) is 5.54. The van der Waals surface area contributed by atoms with Crippen molar-refractivity contribution in [2.24, 2.45) is 5.92 Å². The first kappa shape index (κ1) is 32.3. The third-order valence-corrected chi connectivity index (χ3v) is 15.5. The highest BCUT2D eigenvalue weighted by molar-refractivity contribution is 7.70. The minimum atomic E-state index is -2.52. The van der Waals surface area contributed by atoms with Crippen molar-refractivity contribution < 1.29 is 8.99 Å². The van der Waals surface area contributed by atoms with Crippen molar-refractivity contribution in [3.63, 3.8) is 0 Å². The predicted octanol–water partition coefficient (Wildman–Crippen LogP) is 7.76. The Kier molecular flexibility index (Phi) is 8.60. The van der Waals surface area contributed by atoms with Gasteiger partial charge >= 0.3 is 0 Å². The van der Waals surface area contributed by atoms with Crippen LogP contribution in [0.15, 0.2) is 30.5 Å². The number of rotatable bonds is 10. The minimum Gasteiger partial charge on any atom is -0.416 e. The molecule has 0 amide bonds. The number of hydrogen-bond acceptors (Lipinski definition) is 8. The third-order valence-electron chi connectivity index (χ3n) is 9.58. The van der Waals surface area contributed by atoms with E-state index in [0.29, 0.717) is 30.1 Å². The summed E-state index contributed by atoms with van der Waals surface area (Å²) >= 11 is 0. The van der Waals surface area contributed by atoms with Gasteiger partial charge in [-0.25, -0.2) is 15.0 Å². The van der Waals surface area contributed by atoms with Gasteiger partial charge in [-0.1, -0.05) is 40.5 Å². The molecule has 3 aromatic rings. The number of hydrogen-bond donors (Lipinski definition) is 2. The molecule has 3 heterocycles. The van der Waals surface area contributed by atoms with Gasteiger partial charge in [0.2, 0.25) is 5.95 Å². The van der Waals surface area contributed by atoms with Crippen molar-refractivity contribution in [2.75, 3.05) is 37.1 Å². The summed E-state index contributed by atoms with van der Waals surface area (Å²) in [4.78, 5) is 14.3. The summed E-state index contributed by atoms with van der Waals surface area (Å²) in [7, 11) is -4.48. The Hall–Kier alpha value is -3.05. The Morgan fingerprint density at radius 3 is 2.57 bits per heavy atom. The molecule has 1 aromatic carbocycles. The van der Waals surface area contributed by atoms with E-state index in [9.17, 15) is 9.83 Å². The van der Waals surface area contributed by atoms with Crippen molar-refractivity contribution in [1.82, 2.24) is 15.0 Å². The molecule has 2 N–H and O–H groups in total. The van der Waals surface area contributed by atoms with Gasteiger partial charge < -0.3 is 19.6 Å². The molecule has 0 unspecified atom stereocenters. The van der Waals surface area contributed by atoms with Crippen LogP contribution in [0.2, 0.25) is 18.1 Å². The fourth-order valence-corrected chi connectivity index (χ4v) is 7.93. The van der Waals surface area contributed by atoms with Crippen molar-refractivity contribution in [3.8, 4) is 17.3 Å². The molecule has 5 rings (SSSR count). The second kappa shape index (κ2) is 11.7. The summed E-state index contributed by atoms with van der Waals surface area (Å²) in [6.45, 7) is 20.3. The summed E-state index contributed by atoms with van der Waals surface area (Å²) < 4.78 is 19.7. The Bertz CT molecular complexity index is 1670. The first-order valence-electron chi connectivity index (χ1n) is 15.6. The van der Waals surface area contributed by atoms with E-state index in [1.165, 1.54) is 12.8 Å². The summed E-state index contributed by atoms with van der Waals surface area (Å²) in [6, 6.07) is 10.4. The number of aryl methyl sites for hydroxylation is 2. The van der Waals surface area contributed by atoms with Crippen LogP contribution in [0.4, 0.5) is 17.3 Å². The largest absolute Gasteiger partial charge is 0.416 e. The average molecular weight is 631 g/mol. The first-order valence-corrected chi connectivity index (χ1v) is 21.1. The number of anilines is 3. The second-order valence-corrected chi connectivity index (χ2v) is 22.8. The van der Waals surface area contributed by atoms with Crippen LogP contribution in [0.25, 0.3) is 11.3 Å². The monoisotopic (exact) mass is 630 g/mol. The summed E-state index contributed by atoms with van der Waals surface area (Å²) in [5, 5.41) is 17.1. The van der Waals surface area contributed by atoms with E-state index in [4.69, 9.17) is 14.4 Å². The molecule has 8 nitrogen and oxygen atoms in total. The Labute approximate surface area is 264 Å². The highest BCUT2D eigenvalue weighted by Crippen LogP contribution is 2.44. The van der Waals surface area contributed by atoms with Crippen LogP contribution in [0, 0.1) is 24.2 Å². The van der Waals surface area contributed by atoms with E-state index >= 15 is 0 Å². The Morgan fingerprint density at radius 1 is 1.20 bits per heavy atom. The summed E-state index contributed by atoms with van der Waals surface area (Å²) in [6.07, 6.45) is 6.18. The topological polar surface area (TPSA) is 113 Å². The normalized spacial score (nSPS) is 18.5. The lowest BCUT2D eigenvalue weighted by molar-refractivity contribution is 0.220. The van der Waals surface area contributed by atoms with Crippen molar-refractivity contribution in [1.29, 1.82) is 5.26 Å². The lowest BCUT2D eigenvalue weighted by atomic mass is 9.83. The van der Waals surface area contributed by atoms with Crippen molar-refractivity contribution in [2.45, 2.75) is 83.8 Å². The summed E-state index contributed by atoms with van der Waals surface area (Å²) in [5.74, 6) is 1.21. The number of nitriles is 1. The molecule has 1 fully saturated rings. The molecular formula is C34H47N6O2PSi. The number of nitrogens with zero attached hydrogens (tertiary/aromatic N) is 4. The van der Waals surface area contributed by atoms with Crippen LogP contribution in [0.1, 0.15) is 69.3 Å². The molecule has 0 bridgehead atoms. The van der Waals surface area contributed by atoms with Crippen LogP contribution < -0.4 is 16.1 Å². The quantitative estimate of drug-likeness (QED) is 0.173. The lowest BCUT2D eigenvalue weighted by Crippen LogP contribution is -2.45. The van der Waals surface area contributed by atoms with Crippen LogP contribution in [0.5, 0.6) is 0 Å². The Balaban J connectivity index is 1.47. The van der Waals surface area contributed by atoms with Crippen LogP contribution >= 0.6 is 7.14 Å². The van der Waals surface area contributed by atoms with Gasteiger partial charge in [0, 0.05) is 30.3 Å². The minimum absolute atomic E-state index is 0.112.